The maximum atomic E-state index is 12.4. The number of nitrogens with zero attached hydrogens (tertiary/aromatic N) is 2. The number of carboxylic acids is 1. The van der Waals surface area contributed by atoms with Crippen molar-refractivity contribution in [2.75, 3.05) is 26.2 Å². The van der Waals surface area contributed by atoms with E-state index in [1.54, 1.807) is 0 Å². The fourth-order valence-electron chi connectivity index (χ4n) is 6.03. The van der Waals surface area contributed by atoms with Gasteiger partial charge in [0.05, 0.1) is 30.7 Å². The first kappa shape index (κ1) is 32.1. The van der Waals surface area contributed by atoms with E-state index in [1.165, 1.54) is 25.9 Å². The maximum Gasteiger partial charge on any atom is 0.308 e. The molecule has 1 saturated heterocycles. The van der Waals surface area contributed by atoms with Crippen molar-refractivity contribution in [3.05, 3.63) is 23.8 Å². The standard InChI is InChI=1S/C23H36O7.C7H13N3/c1-4-13(2)23(29)30-20-11-17(25)9-15-6-5-14(3)19(22(15)20)8-7-16(24)10-18(26)12-21(27)28;1-3-8-7-9-4-2-6-10(7)5-1/h5-6,9,13-14,16-20,22,24-26H,4,7-8,10-12H2,1-3H3,(H,27,28);1-6H2,(H,8,9)/t13-,14-,16+,17+,18+,19-,20-,22-;/m0./s1. The number of ether oxygens (including phenoxy) is 1. The molecule has 0 unspecified atom stereocenters. The van der Waals surface area contributed by atoms with Gasteiger partial charge in [-0.1, -0.05) is 39.0 Å². The Kier molecular flexibility index (Phi) is 12.5. The quantitative estimate of drug-likeness (QED) is 0.252. The zero-order valence-electron chi connectivity index (χ0n) is 24.2. The van der Waals surface area contributed by atoms with Gasteiger partial charge in [0.25, 0.3) is 0 Å². The Balaban J connectivity index is 0.000000364. The summed E-state index contributed by atoms with van der Waals surface area (Å²) in [5.41, 5.74) is 0.958. The van der Waals surface area contributed by atoms with Crippen LogP contribution in [0.1, 0.15) is 72.1 Å². The fraction of sp³-hybridized carbons (Fsp3) is 0.767. The number of aliphatic imine (C=N–C) groups is 1. The highest BCUT2D eigenvalue weighted by Crippen LogP contribution is 2.44. The summed E-state index contributed by atoms with van der Waals surface area (Å²) < 4.78 is 5.84. The molecule has 2 heterocycles. The zero-order chi connectivity index (χ0) is 29.2. The number of carbonyl (C=O) groups is 2. The van der Waals surface area contributed by atoms with Crippen LogP contribution in [0, 0.1) is 23.7 Å². The van der Waals surface area contributed by atoms with Crippen molar-refractivity contribution in [1.29, 1.82) is 0 Å². The molecule has 0 aromatic heterocycles. The van der Waals surface area contributed by atoms with E-state index < -0.39 is 30.4 Å². The predicted octanol–water partition coefficient (Wildman–Crippen LogP) is 2.48. The molecule has 0 amide bonds. The first-order valence-electron chi connectivity index (χ1n) is 15.0. The average molecular weight is 564 g/mol. The topological polar surface area (TPSA) is 152 Å². The van der Waals surface area contributed by atoms with Crippen LogP contribution in [0.4, 0.5) is 0 Å². The van der Waals surface area contributed by atoms with Gasteiger partial charge in [0.15, 0.2) is 5.96 Å². The molecule has 1 fully saturated rings. The van der Waals surface area contributed by atoms with Crippen molar-refractivity contribution in [1.82, 2.24) is 10.2 Å². The van der Waals surface area contributed by atoms with Gasteiger partial charge in [-0.2, -0.15) is 0 Å². The highest BCUT2D eigenvalue weighted by molar-refractivity contribution is 5.81. The van der Waals surface area contributed by atoms with Gasteiger partial charge in [-0.25, -0.2) is 0 Å². The second-order valence-electron chi connectivity index (χ2n) is 11.7. The number of rotatable bonds is 10. The van der Waals surface area contributed by atoms with Crippen LogP contribution < -0.4 is 5.32 Å². The van der Waals surface area contributed by atoms with Crippen molar-refractivity contribution in [3.8, 4) is 0 Å². The molecule has 0 radical (unpaired) electrons. The highest BCUT2D eigenvalue weighted by atomic mass is 16.5. The van der Waals surface area contributed by atoms with E-state index in [9.17, 15) is 24.9 Å². The third-order valence-corrected chi connectivity index (χ3v) is 8.48. The van der Waals surface area contributed by atoms with Crippen molar-refractivity contribution in [2.24, 2.45) is 28.7 Å². The van der Waals surface area contributed by atoms with E-state index in [2.05, 4.69) is 28.2 Å². The number of hydrogen-bond acceptors (Lipinski definition) is 9. The van der Waals surface area contributed by atoms with E-state index in [0.717, 1.165) is 24.6 Å². The molecule has 8 atom stereocenters. The second kappa shape index (κ2) is 15.5. The van der Waals surface area contributed by atoms with Gasteiger partial charge >= 0.3 is 11.9 Å². The lowest BCUT2D eigenvalue weighted by atomic mass is 9.66. The Bertz CT molecular complexity index is 936. The number of aliphatic hydroxyl groups is 3. The predicted molar refractivity (Wildman–Crippen MR) is 153 cm³/mol. The van der Waals surface area contributed by atoms with Crippen LogP contribution in [-0.2, 0) is 14.3 Å². The Hall–Kier alpha value is -2.43. The van der Waals surface area contributed by atoms with Crippen LogP contribution in [0.3, 0.4) is 0 Å². The van der Waals surface area contributed by atoms with Crippen molar-refractivity contribution in [2.45, 2.75) is 96.6 Å². The summed E-state index contributed by atoms with van der Waals surface area (Å²) in [4.78, 5) is 29.9. The van der Waals surface area contributed by atoms with E-state index in [-0.39, 0.29) is 42.5 Å². The molecule has 0 aromatic carbocycles. The van der Waals surface area contributed by atoms with Crippen molar-refractivity contribution in [3.63, 3.8) is 0 Å². The lowest BCUT2D eigenvalue weighted by molar-refractivity contribution is -0.159. The minimum absolute atomic E-state index is 0.0156. The molecule has 0 aromatic rings. The van der Waals surface area contributed by atoms with E-state index in [4.69, 9.17) is 9.84 Å². The van der Waals surface area contributed by atoms with Gasteiger partial charge in [-0.15, -0.1) is 0 Å². The van der Waals surface area contributed by atoms with Gasteiger partial charge in [0, 0.05) is 38.5 Å². The monoisotopic (exact) mass is 563 g/mol. The fourth-order valence-corrected chi connectivity index (χ4v) is 6.03. The minimum atomic E-state index is -1.10. The lowest BCUT2D eigenvalue weighted by Crippen LogP contribution is -2.49. The summed E-state index contributed by atoms with van der Waals surface area (Å²) in [7, 11) is 0. The number of carboxylic acid groups (broad SMARTS) is 1. The van der Waals surface area contributed by atoms with Gasteiger partial charge in [0.2, 0.25) is 0 Å². The molecule has 2 aliphatic carbocycles. The number of allylic oxidation sites excluding steroid dienone is 2. The normalized spacial score (nSPS) is 29.6. The molecule has 40 heavy (non-hydrogen) atoms. The van der Waals surface area contributed by atoms with E-state index in [1.807, 2.05) is 26.0 Å². The highest BCUT2D eigenvalue weighted by Gasteiger charge is 2.42. The maximum absolute atomic E-state index is 12.4. The number of hydrogen-bond donors (Lipinski definition) is 5. The molecule has 10 nitrogen and oxygen atoms in total. The number of carbonyl (C=O) groups excluding carboxylic acids is 1. The first-order valence-corrected chi connectivity index (χ1v) is 15.0. The second-order valence-corrected chi connectivity index (χ2v) is 11.7. The number of esters is 1. The number of aliphatic carboxylic acids is 1. The van der Waals surface area contributed by atoms with Crippen molar-refractivity contribution < 1.29 is 34.8 Å². The average Bonchev–Trinajstić information content (AvgIpc) is 2.92. The molecule has 0 saturated carbocycles. The molecular weight excluding hydrogens is 514 g/mol. The van der Waals surface area contributed by atoms with Crippen LogP contribution in [-0.4, -0.2) is 93.8 Å². The molecule has 2 aliphatic heterocycles. The largest absolute Gasteiger partial charge is 0.481 e. The van der Waals surface area contributed by atoms with Gasteiger partial charge in [-0.05, 0) is 55.9 Å². The summed E-state index contributed by atoms with van der Waals surface area (Å²) >= 11 is 0. The SMILES string of the molecule is C1CN=C2NCCCN2C1.CC[C@H](C)C(=O)O[C@H]1C[C@H](O)C=C2C=C[C@H](C)[C@H](CC[C@@H](O)C[C@@H](O)CC(=O)O)[C@H]21. The van der Waals surface area contributed by atoms with Gasteiger partial charge < -0.3 is 35.4 Å². The van der Waals surface area contributed by atoms with Crippen LogP contribution in [0.2, 0.25) is 0 Å². The summed E-state index contributed by atoms with van der Waals surface area (Å²) in [6, 6.07) is 0. The third kappa shape index (κ3) is 9.31. The zero-order valence-corrected chi connectivity index (χ0v) is 24.2. The molecule has 0 bridgehead atoms. The molecule has 4 aliphatic rings. The molecule has 10 heteroatoms. The Morgan fingerprint density at radius 1 is 1.23 bits per heavy atom. The smallest absolute Gasteiger partial charge is 0.308 e. The van der Waals surface area contributed by atoms with Gasteiger partial charge in [-0.3, -0.25) is 14.6 Å². The number of fused-ring (bicyclic) bond motifs is 2. The summed E-state index contributed by atoms with van der Waals surface area (Å²) in [6.07, 6.45) is 7.13. The van der Waals surface area contributed by atoms with Crippen LogP contribution >= 0.6 is 0 Å². The molecular formula is C30H49N3O7. The minimum Gasteiger partial charge on any atom is -0.481 e. The van der Waals surface area contributed by atoms with Crippen LogP contribution in [0.25, 0.3) is 0 Å². The Morgan fingerprint density at radius 3 is 2.67 bits per heavy atom. The number of guanidine groups is 1. The molecule has 0 spiro atoms. The van der Waals surface area contributed by atoms with Gasteiger partial charge in [0.1, 0.15) is 6.10 Å². The first-order chi connectivity index (χ1) is 19.1. The number of nitrogens with one attached hydrogen (secondary N) is 1. The molecule has 226 valence electrons. The van der Waals surface area contributed by atoms with Crippen LogP contribution in [0.15, 0.2) is 28.8 Å². The third-order valence-electron chi connectivity index (χ3n) is 8.48. The lowest BCUT2D eigenvalue weighted by Gasteiger charge is -2.43. The Labute approximate surface area is 238 Å². The molecule has 5 N–H and O–H groups in total. The van der Waals surface area contributed by atoms with Crippen molar-refractivity contribution >= 4 is 17.9 Å². The number of aliphatic hydroxyl groups excluding tert-OH is 3. The molecule has 4 rings (SSSR count). The van der Waals surface area contributed by atoms with E-state index in [0.29, 0.717) is 25.7 Å². The summed E-state index contributed by atoms with van der Waals surface area (Å²) in [5, 5.41) is 42.4. The summed E-state index contributed by atoms with van der Waals surface area (Å²) in [6.45, 7) is 10.4. The van der Waals surface area contributed by atoms with Crippen LogP contribution in [0.5, 0.6) is 0 Å². The Morgan fingerprint density at radius 2 is 1.98 bits per heavy atom. The summed E-state index contributed by atoms with van der Waals surface area (Å²) in [5.74, 6) is -0.173. The van der Waals surface area contributed by atoms with E-state index >= 15 is 0 Å².